The lowest BCUT2D eigenvalue weighted by molar-refractivity contribution is 0.0717. The fourth-order valence-corrected chi connectivity index (χ4v) is 4.56. The molecule has 6 nitrogen and oxygen atoms in total. The van der Waals surface area contributed by atoms with E-state index in [-0.39, 0.29) is 11.7 Å². The molecule has 1 aliphatic heterocycles. The van der Waals surface area contributed by atoms with Crippen LogP contribution in [-0.4, -0.2) is 26.1 Å². The van der Waals surface area contributed by atoms with Crippen LogP contribution in [0.1, 0.15) is 64.3 Å². The number of hydrogen-bond donors (Lipinski definition) is 2. The summed E-state index contributed by atoms with van der Waals surface area (Å²) in [6.45, 7) is 6.43. The van der Waals surface area contributed by atoms with Crippen molar-refractivity contribution in [3.63, 3.8) is 0 Å². The predicted octanol–water partition coefficient (Wildman–Crippen LogP) is 6.21. The molecule has 7 heteroatoms. The Balaban J connectivity index is 1.67. The Hall–Kier alpha value is -3.51. The van der Waals surface area contributed by atoms with Gasteiger partial charge >= 0.3 is 0 Å². The normalized spacial score (nSPS) is 15.5. The number of phenols is 1. The van der Waals surface area contributed by atoms with Crippen molar-refractivity contribution < 1.29 is 14.3 Å². The van der Waals surface area contributed by atoms with Crippen molar-refractivity contribution >= 4 is 17.5 Å². The predicted molar refractivity (Wildman–Crippen MR) is 126 cm³/mol. The first-order valence-corrected chi connectivity index (χ1v) is 11.2. The second-order valence-corrected chi connectivity index (χ2v) is 9.12. The van der Waals surface area contributed by atoms with Gasteiger partial charge in [-0.1, -0.05) is 49.7 Å². The van der Waals surface area contributed by atoms with Gasteiger partial charge in [-0.3, -0.25) is 9.89 Å². The largest absolute Gasteiger partial charge is 0.507 e. The molecule has 3 heterocycles. The molecule has 2 N–H and O–H groups in total. The lowest BCUT2D eigenvalue weighted by atomic mass is 9.93. The van der Waals surface area contributed by atoms with Gasteiger partial charge in [0.1, 0.15) is 22.9 Å². The van der Waals surface area contributed by atoms with Crippen LogP contribution in [-0.2, 0) is 6.54 Å². The molecule has 0 fully saturated rings. The zero-order valence-corrected chi connectivity index (χ0v) is 19.3. The first kappa shape index (κ1) is 21.3. The number of carbonyl (C=O) groups is 1. The monoisotopic (exact) mass is 461 g/mol. The van der Waals surface area contributed by atoms with Crippen LogP contribution in [0.15, 0.2) is 59.2 Å². The topological polar surface area (TPSA) is 82.4 Å². The van der Waals surface area contributed by atoms with E-state index in [1.807, 2.05) is 13.0 Å². The quantitative estimate of drug-likeness (QED) is 0.370. The van der Waals surface area contributed by atoms with Gasteiger partial charge in [0.2, 0.25) is 0 Å². The molecule has 5 rings (SSSR count). The minimum absolute atomic E-state index is 0.0667. The molecule has 168 valence electrons. The van der Waals surface area contributed by atoms with E-state index < -0.39 is 6.04 Å². The summed E-state index contributed by atoms with van der Waals surface area (Å²) in [7, 11) is 0. The molecule has 2 aromatic carbocycles. The highest BCUT2D eigenvalue weighted by Crippen LogP contribution is 2.46. The summed E-state index contributed by atoms with van der Waals surface area (Å²) in [5, 5.41) is 18.5. The zero-order valence-electron chi connectivity index (χ0n) is 18.6. The number of aromatic hydroxyl groups is 1. The van der Waals surface area contributed by atoms with Crippen molar-refractivity contribution in [3.05, 3.63) is 93.5 Å². The first-order valence-electron chi connectivity index (χ1n) is 10.9. The Labute approximate surface area is 196 Å². The van der Waals surface area contributed by atoms with Gasteiger partial charge in [-0.15, -0.1) is 0 Å². The van der Waals surface area contributed by atoms with Gasteiger partial charge in [0, 0.05) is 16.1 Å². The number of furan rings is 1. The molecular weight excluding hydrogens is 438 g/mol. The summed E-state index contributed by atoms with van der Waals surface area (Å²) in [5.74, 6) is 0.982. The van der Waals surface area contributed by atoms with E-state index >= 15 is 0 Å². The van der Waals surface area contributed by atoms with Gasteiger partial charge < -0.3 is 14.4 Å². The number of benzene rings is 2. The number of nitrogens with one attached hydrogen (secondary N) is 1. The second kappa shape index (κ2) is 8.12. The van der Waals surface area contributed by atoms with Crippen molar-refractivity contribution in [1.82, 2.24) is 15.1 Å². The number of H-pyrrole nitrogens is 1. The molecule has 1 aliphatic rings. The van der Waals surface area contributed by atoms with E-state index in [0.29, 0.717) is 40.2 Å². The van der Waals surface area contributed by atoms with Gasteiger partial charge in [0.15, 0.2) is 0 Å². The average molecular weight is 462 g/mol. The maximum absolute atomic E-state index is 13.5. The van der Waals surface area contributed by atoms with Crippen LogP contribution < -0.4 is 0 Å². The maximum atomic E-state index is 13.5. The number of fused-ring (bicyclic) bond motifs is 1. The number of aromatic amines is 1. The minimum atomic E-state index is -0.396. The molecule has 1 unspecified atom stereocenters. The third-order valence-corrected chi connectivity index (χ3v) is 6.63. The lowest BCUT2D eigenvalue weighted by Gasteiger charge is -2.26. The highest BCUT2D eigenvalue weighted by Gasteiger charge is 2.43. The number of nitrogens with zero attached hydrogens (tertiary/aromatic N) is 2. The number of hydrogen-bond acceptors (Lipinski definition) is 4. The van der Waals surface area contributed by atoms with Gasteiger partial charge in [0.25, 0.3) is 5.91 Å². The van der Waals surface area contributed by atoms with E-state index in [4.69, 9.17) is 16.0 Å². The number of carbonyl (C=O) groups excluding carboxylic acids is 1. The standard InChI is InChI=1S/C26H24ClN3O3/c1-14(2)16-6-8-17(9-7-16)25-22-23(19-12-20(27)15(3)11-21(19)31)28-29-24(22)26(32)30(25)13-18-5-4-10-33-18/h4-12,14,25,31H,13H2,1-3H3,(H,28,29). The second-order valence-electron chi connectivity index (χ2n) is 8.72. The third kappa shape index (κ3) is 3.60. The first-order chi connectivity index (χ1) is 15.8. The van der Waals surface area contributed by atoms with Crippen LogP contribution in [0.25, 0.3) is 11.3 Å². The van der Waals surface area contributed by atoms with E-state index in [9.17, 15) is 9.90 Å². The Morgan fingerprint density at radius 1 is 1.21 bits per heavy atom. The van der Waals surface area contributed by atoms with Gasteiger partial charge in [-0.25, -0.2) is 0 Å². The number of rotatable bonds is 5. The Morgan fingerprint density at radius 3 is 2.64 bits per heavy atom. The number of aryl methyl sites for hydroxylation is 1. The van der Waals surface area contributed by atoms with Crippen LogP contribution in [0.2, 0.25) is 5.02 Å². The lowest BCUT2D eigenvalue weighted by Crippen LogP contribution is -2.29. The van der Waals surface area contributed by atoms with E-state index in [1.54, 1.807) is 29.4 Å². The molecule has 33 heavy (non-hydrogen) atoms. The maximum Gasteiger partial charge on any atom is 0.273 e. The van der Waals surface area contributed by atoms with Crippen molar-refractivity contribution in [3.8, 4) is 17.0 Å². The zero-order chi connectivity index (χ0) is 23.3. The Morgan fingerprint density at radius 2 is 1.97 bits per heavy atom. The number of amides is 1. The van der Waals surface area contributed by atoms with Crippen molar-refractivity contribution in [2.24, 2.45) is 0 Å². The van der Waals surface area contributed by atoms with Gasteiger partial charge in [-0.05, 0) is 53.8 Å². The molecule has 0 saturated carbocycles. The molecule has 0 bridgehead atoms. The van der Waals surface area contributed by atoms with E-state index in [0.717, 1.165) is 16.7 Å². The summed E-state index contributed by atoms with van der Waals surface area (Å²) >= 11 is 6.37. The van der Waals surface area contributed by atoms with E-state index in [1.165, 1.54) is 5.56 Å². The van der Waals surface area contributed by atoms with Crippen LogP contribution in [0.5, 0.6) is 5.75 Å². The highest BCUT2D eigenvalue weighted by atomic mass is 35.5. The summed E-state index contributed by atoms with van der Waals surface area (Å²) in [5.41, 5.74) is 5.07. The van der Waals surface area contributed by atoms with E-state index in [2.05, 4.69) is 48.3 Å². The number of aromatic nitrogens is 2. The molecule has 4 aromatic rings. The average Bonchev–Trinajstić information content (AvgIpc) is 3.51. The minimum Gasteiger partial charge on any atom is -0.507 e. The Kier molecular flexibility index (Phi) is 5.25. The smallest absolute Gasteiger partial charge is 0.273 e. The summed E-state index contributed by atoms with van der Waals surface area (Å²) in [6.07, 6.45) is 1.60. The fraction of sp³-hybridized carbons (Fsp3) is 0.231. The third-order valence-electron chi connectivity index (χ3n) is 6.22. The molecule has 0 saturated heterocycles. The van der Waals surface area contributed by atoms with Crippen molar-refractivity contribution in [2.75, 3.05) is 0 Å². The van der Waals surface area contributed by atoms with Crippen molar-refractivity contribution in [1.29, 1.82) is 0 Å². The van der Waals surface area contributed by atoms with Crippen molar-refractivity contribution in [2.45, 2.75) is 39.3 Å². The van der Waals surface area contributed by atoms with Gasteiger partial charge in [-0.2, -0.15) is 5.10 Å². The molecule has 2 aromatic heterocycles. The molecule has 0 spiro atoms. The van der Waals surface area contributed by atoms with Gasteiger partial charge in [0.05, 0.1) is 18.8 Å². The molecule has 0 aliphatic carbocycles. The SMILES string of the molecule is Cc1cc(O)c(-c2n[nH]c3c2C(c2ccc(C(C)C)cc2)N(Cc2ccco2)C3=O)cc1Cl. The van der Waals surface area contributed by atoms with Crippen LogP contribution in [0.4, 0.5) is 0 Å². The van der Waals surface area contributed by atoms with Crippen LogP contribution in [0.3, 0.4) is 0 Å². The van der Waals surface area contributed by atoms with Crippen LogP contribution >= 0.6 is 11.6 Å². The summed E-state index contributed by atoms with van der Waals surface area (Å²) in [6, 6.07) is 14.9. The molecular formula is C26H24ClN3O3. The number of halogens is 1. The molecule has 0 radical (unpaired) electrons. The number of phenolic OH excluding ortho intramolecular Hbond substituents is 1. The summed E-state index contributed by atoms with van der Waals surface area (Å²) in [4.78, 5) is 15.2. The van der Waals surface area contributed by atoms with Crippen LogP contribution in [0, 0.1) is 6.92 Å². The highest BCUT2D eigenvalue weighted by molar-refractivity contribution is 6.31. The fourth-order valence-electron chi connectivity index (χ4n) is 4.40. The molecule has 1 amide bonds. The summed E-state index contributed by atoms with van der Waals surface area (Å²) < 4.78 is 5.54. The molecule has 1 atom stereocenters. The Bertz CT molecular complexity index is 1320.